The number of hydrogen-bond donors (Lipinski definition) is 2. The Labute approximate surface area is 149 Å². The molecule has 0 unspecified atom stereocenters. The van der Waals surface area contributed by atoms with Crippen LogP contribution in [0.15, 0.2) is 24.3 Å². The smallest absolute Gasteiger partial charge is 0.317 e. The summed E-state index contributed by atoms with van der Waals surface area (Å²) in [5.41, 5.74) is 2.63. The minimum atomic E-state index is -0.738. The highest BCUT2D eigenvalue weighted by Gasteiger charge is 2.33. The maximum Gasteiger partial charge on any atom is 0.317 e. The lowest BCUT2D eigenvalue weighted by Crippen LogP contribution is -2.53. The van der Waals surface area contributed by atoms with Gasteiger partial charge in [-0.05, 0) is 31.0 Å². The standard InChI is InChI=1S/C19H29N3O3/c1-2-21(14-19(23)24)17-11-16(12-17)20-13-15-5-3-4-6-18(15)22-7-9-25-10-8-22/h3-6,16-17,20H,2,7-14H2,1H3,(H,23,24). The van der Waals surface area contributed by atoms with Crippen LogP contribution in [0.25, 0.3) is 0 Å². The Morgan fingerprint density at radius 3 is 2.72 bits per heavy atom. The Kier molecular flexibility index (Phi) is 6.29. The van der Waals surface area contributed by atoms with E-state index < -0.39 is 5.97 Å². The van der Waals surface area contributed by atoms with Gasteiger partial charge in [0.05, 0.1) is 19.8 Å². The Bertz CT molecular complexity index is 569. The van der Waals surface area contributed by atoms with Crippen LogP contribution in [0.4, 0.5) is 5.69 Å². The second-order valence-corrected chi connectivity index (χ2v) is 6.89. The average Bonchev–Trinajstić information content (AvgIpc) is 2.60. The van der Waals surface area contributed by atoms with Gasteiger partial charge < -0.3 is 20.1 Å². The maximum absolute atomic E-state index is 10.9. The van der Waals surface area contributed by atoms with Crippen LogP contribution in [0.3, 0.4) is 0 Å². The number of para-hydroxylation sites is 1. The number of morpholine rings is 1. The minimum absolute atomic E-state index is 0.147. The first-order valence-corrected chi connectivity index (χ1v) is 9.27. The molecule has 0 radical (unpaired) electrons. The molecular formula is C19H29N3O3. The van der Waals surface area contributed by atoms with E-state index in [9.17, 15) is 4.79 Å². The molecule has 6 nitrogen and oxygen atoms in total. The molecule has 0 aromatic heterocycles. The SMILES string of the molecule is CCN(CC(=O)O)C1CC(NCc2ccccc2N2CCOCC2)C1. The third-order valence-corrected chi connectivity index (χ3v) is 5.30. The van der Waals surface area contributed by atoms with Crippen LogP contribution in [0.5, 0.6) is 0 Å². The lowest BCUT2D eigenvalue weighted by atomic mass is 9.85. The zero-order valence-electron chi connectivity index (χ0n) is 15.0. The van der Waals surface area contributed by atoms with Crippen molar-refractivity contribution in [2.45, 2.75) is 38.4 Å². The molecule has 0 spiro atoms. The second-order valence-electron chi connectivity index (χ2n) is 6.89. The van der Waals surface area contributed by atoms with Crippen molar-refractivity contribution in [2.24, 2.45) is 0 Å². The van der Waals surface area contributed by atoms with Gasteiger partial charge >= 0.3 is 5.97 Å². The number of aliphatic carboxylic acids is 1. The van der Waals surface area contributed by atoms with Gasteiger partial charge in [-0.3, -0.25) is 9.69 Å². The van der Waals surface area contributed by atoms with Gasteiger partial charge in [-0.15, -0.1) is 0 Å². The van der Waals surface area contributed by atoms with Crippen LogP contribution in [0.1, 0.15) is 25.3 Å². The molecule has 0 amide bonds. The second kappa shape index (κ2) is 8.65. The lowest BCUT2D eigenvalue weighted by molar-refractivity contribution is -0.139. The molecule has 1 aromatic rings. The number of anilines is 1. The highest BCUT2D eigenvalue weighted by molar-refractivity contribution is 5.69. The molecule has 1 aromatic carbocycles. The number of likely N-dealkylation sites (N-methyl/N-ethyl adjacent to an activating group) is 1. The van der Waals surface area contributed by atoms with Crippen LogP contribution in [-0.2, 0) is 16.1 Å². The number of rotatable bonds is 8. The quantitative estimate of drug-likeness (QED) is 0.744. The normalized spacial score (nSPS) is 23.5. The van der Waals surface area contributed by atoms with Gasteiger partial charge in [0, 0.05) is 37.4 Å². The summed E-state index contributed by atoms with van der Waals surface area (Å²) in [6.07, 6.45) is 2.06. The van der Waals surface area contributed by atoms with Gasteiger partial charge in [0.1, 0.15) is 0 Å². The molecule has 2 fully saturated rings. The van der Waals surface area contributed by atoms with Crippen molar-refractivity contribution >= 4 is 11.7 Å². The van der Waals surface area contributed by atoms with Crippen molar-refractivity contribution < 1.29 is 14.6 Å². The summed E-state index contributed by atoms with van der Waals surface area (Å²) in [6, 6.07) is 9.45. The van der Waals surface area contributed by atoms with Crippen molar-refractivity contribution in [3.63, 3.8) is 0 Å². The van der Waals surface area contributed by atoms with E-state index in [-0.39, 0.29) is 6.54 Å². The summed E-state index contributed by atoms with van der Waals surface area (Å²) >= 11 is 0. The van der Waals surface area contributed by atoms with E-state index in [1.807, 2.05) is 6.92 Å². The fourth-order valence-corrected chi connectivity index (χ4v) is 3.75. The summed E-state index contributed by atoms with van der Waals surface area (Å²) in [5.74, 6) is -0.738. The molecule has 1 aliphatic heterocycles. The number of hydrogen-bond acceptors (Lipinski definition) is 5. The molecule has 138 valence electrons. The first-order valence-electron chi connectivity index (χ1n) is 9.27. The summed E-state index contributed by atoms with van der Waals surface area (Å²) < 4.78 is 5.45. The van der Waals surface area contributed by atoms with Gasteiger partial charge in [0.2, 0.25) is 0 Å². The molecular weight excluding hydrogens is 318 g/mol. The Balaban J connectivity index is 1.49. The molecule has 1 saturated carbocycles. The van der Waals surface area contributed by atoms with Crippen molar-refractivity contribution in [1.82, 2.24) is 10.2 Å². The molecule has 2 N–H and O–H groups in total. The van der Waals surface area contributed by atoms with Crippen LogP contribution < -0.4 is 10.2 Å². The highest BCUT2D eigenvalue weighted by atomic mass is 16.5. The molecule has 1 heterocycles. The molecule has 2 aliphatic rings. The van der Waals surface area contributed by atoms with Crippen LogP contribution in [0.2, 0.25) is 0 Å². The number of carboxylic acids is 1. The summed E-state index contributed by atoms with van der Waals surface area (Å²) in [6.45, 7) is 7.31. The van der Waals surface area contributed by atoms with Gasteiger partial charge in [-0.1, -0.05) is 25.1 Å². The van der Waals surface area contributed by atoms with Crippen molar-refractivity contribution in [1.29, 1.82) is 0 Å². The van der Waals surface area contributed by atoms with Crippen molar-refractivity contribution in [2.75, 3.05) is 44.3 Å². The Hall–Kier alpha value is -1.63. The predicted molar refractivity (Wildman–Crippen MR) is 98.0 cm³/mol. The van der Waals surface area contributed by atoms with E-state index in [1.165, 1.54) is 11.3 Å². The van der Waals surface area contributed by atoms with E-state index in [2.05, 4.69) is 39.4 Å². The summed E-state index contributed by atoms with van der Waals surface area (Å²) in [5, 5.41) is 12.6. The fraction of sp³-hybridized carbons (Fsp3) is 0.632. The molecule has 1 aliphatic carbocycles. The number of carbonyl (C=O) groups is 1. The first kappa shape index (κ1) is 18.2. The van der Waals surface area contributed by atoms with Gasteiger partial charge in [0.25, 0.3) is 0 Å². The fourth-order valence-electron chi connectivity index (χ4n) is 3.75. The highest BCUT2D eigenvalue weighted by Crippen LogP contribution is 2.27. The third kappa shape index (κ3) is 4.71. The number of nitrogens with zero attached hydrogens (tertiary/aromatic N) is 2. The molecule has 0 atom stereocenters. The van der Waals surface area contributed by atoms with E-state index >= 15 is 0 Å². The minimum Gasteiger partial charge on any atom is -0.480 e. The number of nitrogens with one attached hydrogen (secondary N) is 1. The van der Waals surface area contributed by atoms with E-state index in [0.717, 1.165) is 52.2 Å². The molecule has 25 heavy (non-hydrogen) atoms. The lowest BCUT2D eigenvalue weighted by Gasteiger charge is -2.42. The average molecular weight is 347 g/mol. The zero-order valence-corrected chi connectivity index (χ0v) is 15.0. The summed E-state index contributed by atoms with van der Waals surface area (Å²) in [4.78, 5) is 15.4. The van der Waals surface area contributed by atoms with Crippen LogP contribution in [-0.4, -0.2) is 67.5 Å². The van der Waals surface area contributed by atoms with E-state index in [1.54, 1.807) is 0 Å². The van der Waals surface area contributed by atoms with Gasteiger partial charge in [-0.2, -0.15) is 0 Å². The van der Waals surface area contributed by atoms with E-state index in [0.29, 0.717) is 12.1 Å². The van der Waals surface area contributed by atoms with Gasteiger partial charge in [0.15, 0.2) is 0 Å². The largest absolute Gasteiger partial charge is 0.480 e. The number of ether oxygens (including phenoxy) is 1. The van der Waals surface area contributed by atoms with E-state index in [4.69, 9.17) is 9.84 Å². The molecule has 1 saturated heterocycles. The van der Waals surface area contributed by atoms with Crippen molar-refractivity contribution in [3.05, 3.63) is 29.8 Å². The van der Waals surface area contributed by atoms with Crippen molar-refractivity contribution in [3.8, 4) is 0 Å². The van der Waals surface area contributed by atoms with Gasteiger partial charge in [-0.25, -0.2) is 0 Å². The molecule has 3 rings (SSSR count). The predicted octanol–water partition coefficient (Wildman–Crippen LogP) is 1.55. The van der Waals surface area contributed by atoms with Crippen LogP contribution in [0, 0.1) is 0 Å². The maximum atomic E-state index is 10.9. The monoisotopic (exact) mass is 347 g/mol. The first-order chi connectivity index (χ1) is 12.2. The summed E-state index contributed by atoms with van der Waals surface area (Å²) in [7, 11) is 0. The topological polar surface area (TPSA) is 65.0 Å². The number of carboxylic acid groups (broad SMARTS) is 1. The Morgan fingerprint density at radius 1 is 1.32 bits per heavy atom. The van der Waals surface area contributed by atoms with Crippen LogP contribution >= 0.6 is 0 Å². The Morgan fingerprint density at radius 2 is 2.04 bits per heavy atom. The third-order valence-electron chi connectivity index (χ3n) is 5.30. The zero-order chi connectivity index (χ0) is 17.6. The molecule has 0 bridgehead atoms. The number of benzene rings is 1. The molecule has 6 heteroatoms.